The van der Waals surface area contributed by atoms with E-state index in [1.54, 1.807) is 25.5 Å². The van der Waals surface area contributed by atoms with Crippen LogP contribution in [0.2, 0.25) is 0 Å². The molecule has 0 bridgehead atoms. The quantitative estimate of drug-likeness (QED) is 0.709. The summed E-state index contributed by atoms with van der Waals surface area (Å²) >= 11 is 0. The number of hydrogen-bond acceptors (Lipinski definition) is 4. The maximum absolute atomic E-state index is 12.9. The normalized spacial score (nSPS) is 13.9. The Morgan fingerprint density at radius 3 is 2.29 bits per heavy atom. The van der Waals surface area contributed by atoms with Crippen LogP contribution in [0.4, 0.5) is 13.2 Å². The minimum atomic E-state index is -4.51. The van der Waals surface area contributed by atoms with Crippen molar-refractivity contribution in [3.63, 3.8) is 0 Å². The lowest BCUT2D eigenvalue weighted by molar-refractivity contribution is -0.141. The van der Waals surface area contributed by atoms with Crippen LogP contribution in [0.3, 0.4) is 0 Å². The second kappa shape index (κ2) is 8.24. The Hall–Kier alpha value is -1.88. The molecule has 0 aliphatic rings. The monoisotopic (exact) mass is 421 g/mol. The Bertz CT molecular complexity index is 931. The van der Waals surface area contributed by atoms with E-state index in [0.29, 0.717) is 36.5 Å². The van der Waals surface area contributed by atoms with Gasteiger partial charge in [0.2, 0.25) is 10.0 Å². The number of nitrogens with zero attached hydrogens (tertiary/aromatic N) is 4. The molecule has 0 aliphatic heterocycles. The van der Waals surface area contributed by atoms with Crippen molar-refractivity contribution in [2.24, 2.45) is 0 Å². The molecule has 2 aromatic rings. The second-order valence-corrected chi connectivity index (χ2v) is 8.38. The summed E-state index contributed by atoms with van der Waals surface area (Å²) < 4.78 is 69.5. The predicted molar refractivity (Wildman–Crippen MR) is 98.5 cm³/mol. The molecule has 1 N–H and O–H groups in total. The number of alkyl halides is 3. The fourth-order valence-electron chi connectivity index (χ4n) is 3.30. The van der Waals surface area contributed by atoms with Crippen molar-refractivity contribution in [1.82, 2.24) is 24.3 Å². The molecule has 0 fully saturated rings. The van der Waals surface area contributed by atoms with E-state index in [4.69, 9.17) is 0 Å². The van der Waals surface area contributed by atoms with Gasteiger partial charge in [-0.25, -0.2) is 13.1 Å². The molecule has 0 unspecified atom stereocenters. The van der Waals surface area contributed by atoms with E-state index in [2.05, 4.69) is 14.9 Å². The number of rotatable bonds is 8. The van der Waals surface area contributed by atoms with Gasteiger partial charge in [-0.15, -0.1) is 0 Å². The molecule has 0 amide bonds. The second-order valence-electron chi connectivity index (χ2n) is 6.68. The van der Waals surface area contributed by atoms with Gasteiger partial charge in [0.25, 0.3) is 0 Å². The molecule has 0 aromatic carbocycles. The zero-order chi connectivity index (χ0) is 21.3. The van der Waals surface area contributed by atoms with Gasteiger partial charge in [-0.2, -0.15) is 23.4 Å². The van der Waals surface area contributed by atoms with Crippen LogP contribution in [-0.2, 0) is 22.7 Å². The predicted octanol–water partition coefficient (Wildman–Crippen LogP) is 3.36. The summed E-state index contributed by atoms with van der Waals surface area (Å²) in [7, 11) is -3.77. The van der Waals surface area contributed by atoms with E-state index >= 15 is 0 Å². The maximum atomic E-state index is 12.9. The van der Waals surface area contributed by atoms with Gasteiger partial charge < -0.3 is 0 Å². The standard InChI is InChI=1S/C17H26F3N5O2S/c1-6-14(25-11(3)10-15(23-25)17(18,19)20)8-9-21-28(26,27)16-12(4)22-24(7-2)13(16)5/h10,14,21H,6-9H2,1-5H3/t14-/m0/s1. The van der Waals surface area contributed by atoms with Gasteiger partial charge in [0, 0.05) is 18.8 Å². The highest BCUT2D eigenvalue weighted by molar-refractivity contribution is 7.89. The van der Waals surface area contributed by atoms with Crippen LogP contribution in [0.25, 0.3) is 0 Å². The van der Waals surface area contributed by atoms with Crippen molar-refractivity contribution in [1.29, 1.82) is 0 Å². The largest absolute Gasteiger partial charge is 0.435 e. The van der Waals surface area contributed by atoms with Gasteiger partial charge in [-0.05, 0) is 46.6 Å². The lowest BCUT2D eigenvalue weighted by Gasteiger charge is -2.18. The Morgan fingerprint density at radius 2 is 1.82 bits per heavy atom. The van der Waals surface area contributed by atoms with Crippen molar-refractivity contribution in [2.75, 3.05) is 6.54 Å². The number of aryl methyl sites for hydroxylation is 3. The van der Waals surface area contributed by atoms with Crippen molar-refractivity contribution in [2.45, 2.75) is 71.1 Å². The summed E-state index contributed by atoms with van der Waals surface area (Å²) in [6.45, 7) is 9.22. The Labute approximate surface area is 163 Å². The first-order valence-electron chi connectivity index (χ1n) is 9.09. The van der Waals surface area contributed by atoms with Crippen molar-refractivity contribution in [3.8, 4) is 0 Å². The smallest absolute Gasteiger partial charge is 0.268 e. The molecule has 28 heavy (non-hydrogen) atoms. The average Bonchev–Trinajstić information content (AvgIpc) is 3.11. The molecule has 0 saturated heterocycles. The molecule has 1 atom stereocenters. The Kier molecular flexibility index (Phi) is 6.59. The molecule has 2 aromatic heterocycles. The third-order valence-electron chi connectivity index (χ3n) is 4.68. The van der Waals surface area contributed by atoms with E-state index in [0.717, 1.165) is 6.07 Å². The van der Waals surface area contributed by atoms with Gasteiger partial charge in [-0.3, -0.25) is 9.36 Å². The topological polar surface area (TPSA) is 81.8 Å². The van der Waals surface area contributed by atoms with E-state index in [9.17, 15) is 21.6 Å². The summed E-state index contributed by atoms with van der Waals surface area (Å²) in [6, 6.07) is 0.651. The molecule has 2 rings (SSSR count). The van der Waals surface area contributed by atoms with Gasteiger partial charge in [0.05, 0.1) is 17.4 Å². The summed E-state index contributed by atoms with van der Waals surface area (Å²) in [5.74, 6) is 0. The van der Waals surface area contributed by atoms with Crippen LogP contribution in [0.1, 0.15) is 55.5 Å². The number of hydrogen-bond donors (Lipinski definition) is 1. The van der Waals surface area contributed by atoms with Crippen molar-refractivity contribution < 1.29 is 21.6 Å². The third kappa shape index (κ3) is 4.57. The van der Waals surface area contributed by atoms with Crippen molar-refractivity contribution >= 4 is 10.0 Å². The van der Waals surface area contributed by atoms with Gasteiger partial charge in [0.15, 0.2) is 5.69 Å². The van der Waals surface area contributed by atoms with Crippen LogP contribution < -0.4 is 4.72 Å². The van der Waals surface area contributed by atoms with E-state index in [1.165, 1.54) is 4.68 Å². The molecule has 158 valence electrons. The highest BCUT2D eigenvalue weighted by Gasteiger charge is 2.35. The molecular formula is C17H26F3N5O2S. The summed E-state index contributed by atoms with van der Waals surface area (Å²) in [6.07, 6.45) is -3.67. The zero-order valence-corrected chi connectivity index (χ0v) is 17.4. The summed E-state index contributed by atoms with van der Waals surface area (Å²) in [5, 5.41) is 7.89. The van der Waals surface area contributed by atoms with Crippen LogP contribution >= 0.6 is 0 Å². The number of nitrogens with one attached hydrogen (secondary N) is 1. The molecule has 7 nitrogen and oxygen atoms in total. The highest BCUT2D eigenvalue weighted by atomic mass is 32.2. The maximum Gasteiger partial charge on any atom is 0.435 e. The molecule has 0 saturated carbocycles. The Balaban J connectivity index is 2.13. The number of halogens is 3. The molecule has 11 heteroatoms. The first-order valence-corrected chi connectivity index (χ1v) is 10.6. The van der Waals surface area contributed by atoms with E-state index in [-0.39, 0.29) is 17.5 Å². The molecular weight excluding hydrogens is 395 g/mol. The van der Waals surface area contributed by atoms with E-state index < -0.39 is 21.9 Å². The molecule has 2 heterocycles. The Morgan fingerprint density at radius 1 is 1.18 bits per heavy atom. The number of aromatic nitrogens is 4. The first kappa shape index (κ1) is 22.4. The van der Waals surface area contributed by atoms with E-state index in [1.807, 2.05) is 13.8 Å². The van der Waals surface area contributed by atoms with Crippen LogP contribution in [-0.4, -0.2) is 34.5 Å². The minimum absolute atomic E-state index is 0.0810. The van der Waals surface area contributed by atoms with Gasteiger partial charge >= 0.3 is 6.18 Å². The lowest BCUT2D eigenvalue weighted by Crippen LogP contribution is -2.28. The third-order valence-corrected chi connectivity index (χ3v) is 6.40. The number of sulfonamides is 1. The summed E-state index contributed by atoms with van der Waals surface area (Å²) in [5.41, 5.74) is 0.411. The minimum Gasteiger partial charge on any atom is -0.268 e. The molecule has 0 aliphatic carbocycles. The fourth-order valence-corrected chi connectivity index (χ4v) is 4.76. The molecule has 0 spiro atoms. The highest BCUT2D eigenvalue weighted by Crippen LogP contribution is 2.30. The lowest BCUT2D eigenvalue weighted by atomic mass is 10.1. The fraction of sp³-hybridized carbons (Fsp3) is 0.647. The molecule has 0 radical (unpaired) electrons. The SMILES string of the molecule is CC[C@@H](CCNS(=O)(=O)c1c(C)nn(CC)c1C)n1nc(C(F)(F)F)cc1C. The average molecular weight is 421 g/mol. The van der Waals surface area contributed by atoms with Gasteiger partial charge in [-0.1, -0.05) is 6.92 Å². The first-order chi connectivity index (χ1) is 12.9. The van der Waals surface area contributed by atoms with Crippen molar-refractivity contribution in [3.05, 3.63) is 28.8 Å². The summed E-state index contributed by atoms with van der Waals surface area (Å²) in [4.78, 5) is 0.150. The van der Waals surface area contributed by atoms with Gasteiger partial charge in [0.1, 0.15) is 4.90 Å². The van der Waals surface area contributed by atoms with Crippen LogP contribution in [0.15, 0.2) is 11.0 Å². The zero-order valence-electron chi connectivity index (χ0n) is 16.6. The van der Waals surface area contributed by atoms with Crippen LogP contribution in [0, 0.1) is 20.8 Å². The van der Waals surface area contributed by atoms with Crippen LogP contribution in [0.5, 0.6) is 0 Å².